The van der Waals surface area contributed by atoms with Crippen molar-refractivity contribution in [1.82, 2.24) is 10.2 Å². The SMILES string of the molecule is CC1(C)CN(NP(=O)(O)O)CCO1. The molecular weight excluding hydrogens is 195 g/mol. The minimum atomic E-state index is -4.17. The molecule has 0 saturated carbocycles. The van der Waals surface area contributed by atoms with Crippen LogP contribution in [0.4, 0.5) is 0 Å². The fourth-order valence-electron chi connectivity index (χ4n) is 1.29. The standard InChI is InChI=1S/C6H15N2O4P/c1-6(2)5-8(3-4-12-6)7-13(9,10)11/h3-5H2,1-2H3,(H3,7,9,10,11). The van der Waals surface area contributed by atoms with Gasteiger partial charge in [0.1, 0.15) is 0 Å². The van der Waals surface area contributed by atoms with Gasteiger partial charge in [-0.25, -0.2) is 9.57 Å². The molecule has 13 heavy (non-hydrogen) atoms. The van der Waals surface area contributed by atoms with Crippen LogP contribution in [0.5, 0.6) is 0 Å². The summed E-state index contributed by atoms with van der Waals surface area (Å²) in [5.74, 6) is 0. The zero-order valence-corrected chi connectivity index (χ0v) is 8.62. The summed E-state index contributed by atoms with van der Waals surface area (Å²) in [6, 6.07) is 0. The smallest absolute Gasteiger partial charge is 0.373 e. The van der Waals surface area contributed by atoms with Crippen LogP contribution in [-0.2, 0) is 9.30 Å². The molecule has 0 aromatic carbocycles. The van der Waals surface area contributed by atoms with Crippen LogP contribution in [0.1, 0.15) is 13.8 Å². The number of nitrogens with one attached hydrogen (secondary N) is 1. The summed E-state index contributed by atoms with van der Waals surface area (Å²) in [6.45, 7) is 5.16. The molecule has 1 heterocycles. The molecule has 1 fully saturated rings. The second-order valence-electron chi connectivity index (χ2n) is 3.67. The molecule has 1 saturated heterocycles. The van der Waals surface area contributed by atoms with Gasteiger partial charge in [-0.1, -0.05) is 0 Å². The zero-order valence-electron chi connectivity index (χ0n) is 7.73. The summed E-state index contributed by atoms with van der Waals surface area (Å²) < 4.78 is 16.0. The van der Waals surface area contributed by atoms with Crippen molar-refractivity contribution in [2.75, 3.05) is 19.7 Å². The molecule has 0 aromatic heterocycles. The van der Waals surface area contributed by atoms with E-state index >= 15 is 0 Å². The molecule has 1 aliphatic rings. The molecule has 0 unspecified atom stereocenters. The molecule has 78 valence electrons. The number of nitrogens with zero attached hydrogens (tertiary/aromatic N) is 1. The van der Waals surface area contributed by atoms with E-state index in [-0.39, 0.29) is 5.60 Å². The van der Waals surface area contributed by atoms with Crippen molar-refractivity contribution in [2.45, 2.75) is 19.4 Å². The van der Waals surface area contributed by atoms with Gasteiger partial charge < -0.3 is 14.5 Å². The van der Waals surface area contributed by atoms with E-state index in [0.29, 0.717) is 19.7 Å². The van der Waals surface area contributed by atoms with E-state index in [1.165, 1.54) is 5.01 Å². The van der Waals surface area contributed by atoms with Crippen molar-refractivity contribution in [3.63, 3.8) is 0 Å². The zero-order chi connectivity index (χ0) is 10.1. The molecule has 1 rings (SSSR count). The summed E-state index contributed by atoms with van der Waals surface area (Å²) in [5, 5.41) is 3.62. The van der Waals surface area contributed by atoms with Gasteiger partial charge in [0.05, 0.1) is 12.2 Å². The average molecular weight is 210 g/mol. The van der Waals surface area contributed by atoms with E-state index in [1.807, 2.05) is 13.8 Å². The lowest BCUT2D eigenvalue weighted by Crippen LogP contribution is -2.52. The fourth-order valence-corrected chi connectivity index (χ4v) is 1.83. The number of hydrazine groups is 1. The van der Waals surface area contributed by atoms with Crippen molar-refractivity contribution in [2.24, 2.45) is 0 Å². The topological polar surface area (TPSA) is 82.0 Å². The Morgan fingerprint density at radius 3 is 2.62 bits per heavy atom. The van der Waals surface area contributed by atoms with Crippen molar-refractivity contribution in [3.05, 3.63) is 0 Å². The molecule has 0 radical (unpaired) electrons. The van der Waals surface area contributed by atoms with E-state index in [2.05, 4.69) is 5.20 Å². The third-order valence-electron chi connectivity index (χ3n) is 1.70. The number of rotatable bonds is 2. The normalized spacial score (nSPS) is 24.6. The maximum absolute atomic E-state index is 10.6. The summed E-state index contributed by atoms with van der Waals surface area (Å²) >= 11 is 0. The van der Waals surface area contributed by atoms with Gasteiger partial charge >= 0.3 is 7.75 Å². The second kappa shape index (κ2) is 3.65. The van der Waals surface area contributed by atoms with Crippen molar-refractivity contribution < 1.29 is 19.1 Å². The van der Waals surface area contributed by atoms with Gasteiger partial charge in [0.15, 0.2) is 0 Å². The van der Waals surface area contributed by atoms with Crippen molar-refractivity contribution in [1.29, 1.82) is 0 Å². The molecule has 6 nitrogen and oxygen atoms in total. The van der Waals surface area contributed by atoms with Gasteiger partial charge in [-0.2, -0.15) is 5.20 Å². The van der Waals surface area contributed by atoms with Crippen LogP contribution in [0.15, 0.2) is 0 Å². The Morgan fingerprint density at radius 1 is 1.54 bits per heavy atom. The minimum Gasteiger partial charge on any atom is -0.373 e. The first-order chi connectivity index (χ1) is 5.79. The van der Waals surface area contributed by atoms with Gasteiger partial charge in [-0.05, 0) is 13.8 Å². The Morgan fingerprint density at radius 2 is 2.15 bits per heavy atom. The molecule has 0 amide bonds. The molecule has 1 aliphatic heterocycles. The van der Waals surface area contributed by atoms with E-state index < -0.39 is 7.75 Å². The van der Waals surface area contributed by atoms with Crippen LogP contribution in [-0.4, -0.2) is 40.1 Å². The first kappa shape index (κ1) is 11.1. The van der Waals surface area contributed by atoms with Gasteiger partial charge in [0.2, 0.25) is 0 Å². The van der Waals surface area contributed by atoms with Crippen LogP contribution < -0.4 is 5.20 Å². The van der Waals surface area contributed by atoms with Crippen molar-refractivity contribution >= 4 is 7.75 Å². The maximum Gasteiger partial charge on any atom is 0.413 e. The number of hydrogen-bond acceptors (Lipinski definition) is 3. The highest BCUT2D eigenvalue weighted by atomic mass is 31.2. The van der Waals surface area contributed by atoms with Gasteiger partial charge in [0.25, 0.3) is 0 Å². The van der Waals surface area contributed by atoms with Crippen LogP contribution in [0.25, 0.3) is 0 Å². The van der Waals surface area contributed by atoms with Gasteiger partial charge in [0, 0.05) is 13.1 Å². The minimum absolute atomic E-state index is 0.361. The van der Waals surface area contributed by atoms with E-state index in [4.69, 9.17) is 14.5 Å². The average Bonchev–Trinajstić information content (AvgIpc) is 1.79. The number of ether oxygens (including phenoxy) is 1. The fraction of sp³-hybridized carbons (Fsp3) is 1.00. The predicted molar refractivity (Wildman–Crippen MR) is 46.8 cm³/mol. The summed E-state index contributed by atoms with van der Waals surface area (Å²) in [6.07, 6.45) is 0. The molecule has 0 spiro atoms. The molecular formula is C6H15N2O4P. The molecule has 0 atom stereocenters. The van der Waals surface area contributed by atoms with Crippen LogP contribution >= 0.6 is 7.75 Å². The van der Waals surface area contributed by atoms with E-state index in [1.54, 1.807) is 0 Å². The first-order valence-corrected chi connectivity index (χ1v) is 5.62. The highest BCUT2D eigenvalue weighted by molar-refractivity contribution is 7.49. The van der Waals surface area contributed by atoms with Gasteiger partial charge in [-0.3, -0.25) is 0 Å². The molecule has 0 aliphatic carbocycles. The summed E-state index contributed by atoms with van der Waals surface area (Å²) in [7, 11) is -4.17. The summed E-state index contributed by atoms with van der Waals surface area (Å²) in [4.78, 5) is 17.3. The van der Waals surface area contributed by atoms with Crippen LogP contribution in [0.2, 0.25) is 0 Å². The highest BCUT2D eigenvalue weighted by Gasteiger charge is 2.30. The predicted octanol–water partition coefficient (Wildman–Crippen LogP) is -0.305. The lowest BCUT2D eigenvalue weighted by atomic mass is 10.1. The van der Waals surface area contributed by atoms with E-state index in [9.17, 15) is 4.57 Å². The Hall–Kier alpha value is 0.0300. The Kier molecular flexibility index (Phi) is 3.12. The van der Waals surface area contributed by atoms with Gasteiger partial charge in [-0.15, -0.1) is 0 Å². The van der Waals surface area contributed by atoms with Crippen LogP contribution in [0, 0.1) is 0 Å². The lowest BCUT2D eigenvalue weighted by Gasteiger charge is -2.37. The molecule has 0 aromatic rings. The molecule has 0 bridgehead atoms. The number of hydrogen-bond donors (Lipinski definition) is 3. The third-order valence-corrected chi connectivity index (χ3v) is 2.24. The Labute approximate surface area is 77.1 Å². The third kappa shape index (κ3) is 4.17. The lowest BCUT2D eigenvalue weighted by molar-refractivity contribution is -0.0941. The molecule has 7 heteroatoms. The summed E-state index contributed by atoms with van der Waals surface area (Å²) in [5.41, 5.74) is -0.361. The Balaban J connectivity index is 2.48. The van der Waals surface area contributed by atoms with E-state index in [0.717, 1.165) is 0 Å². The first-order valence-electron chi connectivity index (χ1n) is 4.01. The maximum atomic E-state index is 10.6. The highest BCUT2D eigenvalue weighted by Crippen LogP contribution is 2.30. The van der Waals surface area contributed by atoms with Crippen LogP contribution in [0.3, 0.4) is 0 Å². The quantitative estimate of drug-likeness (QED) is 0.542. The second-order valence-corrected chi connectivity index (χ2v) is 4.96. The monoisotopic (exact) mass is 210 g/mol. The Bertz CT molecular complexity index is 227. The van der Waals surface area contributed by atoms with Crippen molar-refractivity contribution in [3.8, 4) is 0 Å². The number of morpholine rings is 1. The molecule has 3 N–H and O–H groups in total. The largest absolute Gasteiger partial charge is 0.413 e.